The van der Waals surface area contributed by atoms with Crippen molar-refractivity contribution in [1.29, 1.82) is 0 Å². The summed E-state index contributed by atoms with van der Waals surface area (Å²) < 4.78 is 0. The zero-order valence-corrected chi connectivity index (χ0v) is 9.24. The number of carboxylic acids is 1. The van der Waals surface area contributed by atoms with Crippen LogP contribution in [0.25, 0.3) is 6.08 Å². The number of hydrogen-bond acceptors (Lipinski definition) is 3. The summed E-state index contributed by atoms with van der Waals surface area (Å²) in [6, 6.07) is 9.26. The minimum atomic E-state index is -1.12. The number of allylic oxidation sites excluding steroid dienone is 1. The first-order valence-electron chi connectivity index (χ1n) is 5.24. The lowest BCUT2D eigenvalue weighted by Gasteiger charge is -2.03. The minimum Gasteiger partial charge on any atom is -0.481 e. The molecule has 1 aromatic carbocycles. The monoisotopic (exact) mass is 234 g/mol. The van der Waals surface area contributed by atoms with Gasteiger partial charge >= 0.3 is 5.97 Å². The van der Waals surface area contributed by atoms with Gasteiger partial charge in [0.05, 0.1) is 12.5 Å². The van der Waals surface area contributed by atoms with Crippen LogP contribution in [0.15, 0.2) is 36.4 Å². The topological polar surface area (TPSA) is 74.6 Å². The highest BCUT2D eigenvalue weighted by Crippen LogP contribution is 2.04. The van der Waals surface area contributed by atoms with E-state index in [1.165, 1.54) is 6.08 Å². The fourth-order valence-electron chi connectivity index (χ4n) is 1.33. The van der Waals surface area contributed by atoms with E-state index in [2.05, 4.69) is 0 Å². The van der Waals surface area contributed by atoms with Gasteiger partial charge in [-0.15, -0.1) is 0 Å². The molecular formula is C13H14O4. The molecule has 0 amide bonds. The SMILES string of the molecule is O=C(O)C[C@H](O)CC(=O)/C=C/c1ccccc1. The Morgan fingerprint density at radius 2 is 1.82 bits per heavy atom. The van der Waals surface area contributed by atoms with Crippen molar-refractivity contribution in [2.75, 3.05) is 0 Å². The minimum absolute atomic E-state index is 0.171. The number of ketones is 1. The second-order valence-electron chi connectivity index (χ2n) is 3.67. The Bertz CT molecular complexity index is 409. The van der Waals surface area contributed by atoms with Gasteiger partial charge < -0.3 is 10.2 Å². The summed E-state index contributed by atoms with van der Waals surface area (Å²) in [6.07, 6.45) is 1.27. The summed E-state index contributed by atoms with van der Waals surface area (Å²) in [6.45, 7) is 0. The van der Waals surface area contributed by atoms with Crippen LogP contribution in [-0.2, 0) is 9.59 Å². The van der Waals surface area contributed by atoms with E-state index in [0.29, 0.717) is 0 Å². The Morgan fingerprint density at radius 1 is 1.18 bits per heavy atom. The molecule has 2 N–H and O–H groups in total. The third-order valence-corrected chi connectivity index (χ3v) is 2.11. The third kappa shape index (κ3) is 5.63. The maximum absolute atomic E-state index is 11.4. The lowest BCUT2D eigenvalue weighted by atomic mass is 10.1. The van der Waals surface area contributed by atoms with E-state index in [4.69, 9.17) is 5.11 Å². The van der Waals surface area contributed by atoms with E-state index in [9.17, 15) is 14.7 Å². The molecule has 4 heteroatoms. The molecule has 0 spiro atoms. The van der Waals surface area contributed by atoms with Crippen LogP contribution in [0.5, 0.6) is 0 Å². The highest BCUT2D eigenvalue weighted by molar-refractivity contribution is 5.94. The van der Waals surface area contributed by atoms with Crippen molar-refractivity contribution < 1.29 is 19.8 Å². The van der Waals surface area contributed by atoms with Gasteiger partial charge in [0.2, 0.25) is 0 Å². The van der Waals surface area contributed by atoms with Crippen LogP contribution in [0.4, 0.5) is 0 Å². The quantitative estimate of drug-likeness (QED) is 0.731. The second kappa shape index (κ2) is 6.60. The zero-order chi connectivity index (χ0) is 12.7. The highest BCUT2D eigenvalue weighted by Gasteiger charge is 2.12. The molecule has 1 atom stereocenters. The summed E-state index contributed by atoms with van der Waals surface area (Å²) in [5.41, 5.74) is 0.883. The molecule has 0 saturated heterocycles. The summed E-state index contributed by atoms with van der Waals surface area (Å²) >= 11 is 0. The Hall–Kier alpha value is -1.94. The van der Waals surface area contributed by atoms with Crippen molar-refractivity contribution in [3.05, 3.63) is 42.0 Å². The zero-order valence-electron chi connectivity index (χ0n) is 9.24. The average Bonchev–Trinajstić information content (AvgIpc) is 2.26. The van der Waals surface area contributed by atoms with Crippen molar-refractivity contribution in [2.24, 2.45) is 0 Å². The smallest absolute Gasteiger partial charge is 0.305 e. The van der Waals surface area contributed by atoms with E-state index < -0.39 is 18.5 Å². The Labute approximate surface area is 99.2 Å². The number of carboxylic acid groups (broad SMARTS) is 1. The predicted octanol–water partition coefficient (Wildman–Crippen LogP) is 1.49. The van der Waals surface area contributed by atoms with Crippen LogP contribution in [-0.4, -0.2) is 28.1 Å². The number of carbonyl (C=O) groups excluding carboxylic acids is 1. The maximum atomic E-state index is 11.4. The molecule has 0 heterocycles. The van der Waals surface area contributed by atoms with Crippen LogP contribution in [0.2, 0.25) is 0 Å². The van der Waals surface area contributed by atoms with Gasteiger partial charge in [-0.05, 0) is 11.6 Å². The van der Waals surface area contributed by atoms with E-state index in [-0.39, 0.29) is 12.2 Å². The first-order chi connectivity index (χ1) is 8.08. The van der Waals surface area contributed by atoms with Crippen molar-refractivity contribution in [3.8, 4) is 0 Å². The standard InChI is InChI=1S/C13H14O4/c14-11(8-12(15)9-13(16)17)7-6-10-4-2-1-3-5-10/h1-7,12,15H,8-9H2,(H,16,17)/b7-6+/t12-/m1/s1. The molecule has 1 rings (SSSR count). The number of rotatable bonds is 6. The fourth-order valence-corrected chi connectivity index (χ4v) is 1.33. The highest BCUT2D eigenvalue weighted by atomic mass is 16.4. The number of aliphatic hydroxyl groups excluding tert-OH is 1. The van der Waals surface area contributed by atoms with E-state index in [1.54, 1.807) is 6.08 Å². The first-order valence-corrected chi connectivity index (χ1v) is 5.24. The third-order valence-electron chi connectivity index (χ3n) is 2.11. The molecule has 17 heavy (non-hydrogen) atoms. The van der Waals surface area contributed by atoms with E-state index in [1.807, 2.05) is 30.3 Å². The molecule has 0 radical (unpaired) electrons. The molecule has 0 unspecified atom stereocenters. The van der Waals surface area contributed by atoms with Gasteiger partial charge in [-0.3, -0.25) is 9.59 Å². The molecule has 0 aliphatic heterocycles. The number of aliphatic hydroxyl groups is 1. The first kappa shape index (κ1) is 13.1. The van der Waals surface area contributed by atoms with E-state index in [0.717, 1.165) is 5.56 Å². The Balaban J connectivity index is 2.44. The van der Waals surface area contributed by atoms with Crippen molar-refractivity contribution in [1.82, 2.24) is 0 Å². The van der Waals surface area contributed by atoms with Gasteiger partial charge in [0, 0.05) is 6.42 Å². The number of benzene rings is 1. The van der Waals surface area contributed by atoms with Crippen LogP contribution in [0, 0.1) is 0 Å². The maximum Gasteiger partial charge on any atom is 0.305 e. The van der Waals surface area contributed by atoms with Crippen LogP contribution in [0.1, 0.15) is 18.4 Å². The normalized spacial score (nSPS) is 12.5. The Morgan fingerprint density at radius 3 is 2.41 bits per heavy atom. The number of carbonyl (C=O) groups is 2. The largest absolute Gasteiger partial charge is 0.481 e. The molecule has 1 aromatic rings. The molecule has 0 aliphatic carbocycles. The molecule has 0 aliphatic rings. The van der Waals surface area contributed by atoms with Crippen molar-refractivity contribution in [3.63, 3.8) is 0 Å². The van der Waals surface area contributed by atoms with Crippen molar-refractivity contribution in [2.45, 2.75) is 18.9 Å². The molecular weight excluding hydrogens is 220 g/mol. The molecule has 0 bridgehead atoms. The van der Waals surface area contributed by atoms with Gasteiger partial charge in [0.15, 0.2) is 5.78 Å². The van der Waals surface area contributed by atoms with Crippen LogP contribution in [0.3, 0.4) is 0 Å². The molecule has 0 saturated carbocycles. The predicted molar refractivity (Wildman–Crippen MR) is 63.4 cm³/mol. The lowest BCUT2D eigenvalue weighted by molar-refractivity contribution is -0.139. The molecule has 0 fully saturated rings. The molecule has 90 valence electrons. The summed E-state index contributed by atoms with van der Waals surface area (Å²) in [5, 5.41) is 17.7. The summed E-state index contributed by atoms with van der Waals surface area (Å²) in [5.74, 6) is -1.40. The fraction of sp³-hybridized carbons (Fsp3) is 0.231. The lowest BCUT2D eigenvalue weighted by Crippen LogP contribution is -2.16. The van der Waals surface area contributed by atoms with Gasteiger partial charge in [-0.25, -0.2) is 0 Å². The van der Waals surface area contributed by atoms with E-state index >= 15 is 0 Å². The van der Waals surface area contributed by atoms with Crippen molar-refractivity contribution >= 4 is 17.8 Å². The Kier molecular flexibility index (Phi) is 5.10. The summed E-state index contributed by atoms with van der Waals surface area (Å²) in [4.78, 5) is 21.6. The number of aliphatic carboxylic acids is 1. The average molecular weight is 234 g/mol. The number of hydrogen-bond donors (Lipinski definition) is 2. The van der Waals surface area contributed by atoms with Gasteiger partial charge in [-0.2, -0.15) is 0 Å². The summed E-state index contributed by atoms with van der Waals surface area (Å²) in [7, 11) is 0. The van der Waals surface area contributed by atoms with Crippen LogP contribution >= 0.6 is 0 Å². The molecule has 4 nitrogen and oxygen atoms in total. The molecule has 0 aromatic heterocycles. The van der Waals surface area contributed by atoms with Crippen LogP contribution < -0.4 is 0 Å². The van der Waals surface area contributed by atoms with Gasteiger partial charge in [-0.1, -0.05) is 36.4 Å². The second-order valence-corrected chi connectivity index (χ2v) is 3.67. The van der Waals surface area contributed by atoms with Gasteiger partial charge in [0.1, 0.15) is 0 Å². The van der Waals surface area contributed by atoms with Gasteiger partial charge in [0.25, 0.3) is 0 Å².